The molecule has 0 aliphatic carbocycles. The molecule has 5 aromatic heterocycles. The van der Waals surface area contributed by atoms with Gasteiger partial charge in [-0.1, -0.05) is 13.0 Å². The number of benzene rings is 1. The van der Waals surface area contributed by atoms with E-state index in [2.05, 4.69) is 51.1 Å². The fraction of sp³-hybridized carbons (Fsp3) is 0.233. The number of thioether (sulfide) groups is 1. The number of hydrogen-bond acceptors (Lipinski definition) is 7. The van der Waals surface area contributed by atoms with Crippen LogP contribution in [0.25, 0.3) is 55.4 Å². The molecule has 0 saturated carbocycles. The minimum absolute atomic E-state index is 0.206. The van der Waals surface area contributed by atoms with Crippen LogP contribution in [0.5, 0.6) is 0 Å². The predicted molar refractivity (Wildman–Crippen MR) is 173 cm³/mol. The number of carbonyl (C=O) groups excluding carboxylic acids is 1. The van der Waals surface area contributed by atoms with Gasteiger partial charge in [-0.3, -0.25) is 4.79 Å². The number of Topliss-reactive ketones (excluding diaryl/α,β-unsaturated/α-hetero) is 1. The Hall–Kier alpha value is -1.81. The second kappa shape index (κ2) is 9.11. The van der Waals surface area contributed by atoms with Gasteiger partial charge in [-0.25, -0.2) is 4.39 Å². The third-order valence-corrected chi connectivity index (χ3v) is 14.2. The first kappa shape index (κ1) is 25.2. The summed E-state index contributed by atoms with van der Waals surface area (Å²) < 4.78 is 19.1. The van der Waals surface area contributed by atoms with Crippen molar-refractivity contribution in [2.75, 3.05) is 0 Å². The first-order valence-corrected chi connectivity index (χ1v) is 17.3. The van der Waals surface area contributed by atoms with E-state index in [0.29, 0.717) is 10.6 Å². The second-order valence-electron chi connectivity index (χ2n) is 9.84. The van der Waals surface area contributed by atoms with Crippen LogP contribution in [0.2, 0.25) is 0 Å². The van der Waals surface area contributed by atoms with Crippen molar-refractivity contribution in [3.63, 3.8) is 0 Å². The van der Waals surface area contributed by atoms with Gasteiger partial charge >= 0.3 is 0 Å². The molecule has 1 aromatic carbocycles. The minimum Gasteiger partial charge on any atom is -0.293 e. The Morgan fingerprint density at radius 3 is 2.32 bits per heavy atom. The van der Waals surface area contributed by atoms with Crippen molar-refractivity contribution in [1.82, 2.24) is 0 Å². The van der Waals surface area contributed by atoms with Crippen molar-refractivity contribution in [3.8, 4) is 20.2 Å². The number of thiophene rings is 5. The van der Waals surface area contributed by atoms with E-state index in [1.54, 1.807) is 22.7 Å². The maximum Gasteiger partial charge on any atom is 0.172 e. The van der Waals surface area contributed by atoms with Crippen molar-refractivity contribution >= 4 is 109 Å². The average molecular weight is 611 g/mol. The quantitative estimate of drug-likeness (QED) is 0.185. The normalized spacial score (nSPS) is 15.9. The van der Waals surface area contributed by atoms with Gasteiger partial charge in [-0.2, -0.15) is 0 Å². The highest BCUT2D eigenvalue weighted by molar-refractivity contribution is 8.09. The van der Waals surface area contributed by atoms with Gasteiger partial charge in [0.2, 0.25) is 0 Å². The Balaban J connectivity index is 1.60. The zero-order valence-corrected chi connectivity index (χ0v) is 26.3. The van der Waals surface area contributed by atoms with E-state index in [1.807, 2.05) is 41.4 Å². The Labute approximate surface area is 244 Å². The van der Waals surface area contributed by atoms with E-state index in [0.717, 1.165) is 25.8 Å². The van der Waals surface area contributed by atoms with Crippen LogP contribution in [-0.4, -0.2) is 11.0 Å². The zero-order valence-electron chi connectivity index (χ0n) is 21.4. The topological polar surface area (TPSA) is 17.1 Å². The van der Waals surface area contributed by atoms with Crippen molar-refractivity contribution in [2.45, 2.75) is 46.3 Å². The molecule has 0 bridgehead atoms. The van der Waals surface area contributed by atoms with Gasteiger partial charge in [0.05, 0.1) is 9.58 Å². The molecule has 1 aliphatic rings. The molecule has 7 rings (SSSR count). The summed E-state index contributed by atoms with van der Waals surface area (Å²) >= 11 is 10.4. The van der Waals surface area contributed by atoms with Crippen molar-refractivity contribution in [1.29, 1.82) is 0 Å². The van der Waals surface area contributed by atoms with Gasteiger partial charge in [0.25, 0.3) is 0 Å². The predicted octanol–water partition coefficient (Wildman–Crippen LogP) is 11.9. The number of ketones is 1. The lowest BCUT2D eigenvalue weighted by atomic mass is 10.00. The van der Waals surface area contributed by atoms with Crippen LogP contribution in [0.4, 0.5) is 4.39 Å². The lowest BCUT2D eigenvalue weighted by molar-refractivity contribution is 0.101. The number of carbonyl (C=O) groups is 1. The molecule has 0 fully saturated rings. The van der Waals surface area contributed by atoms with Crippen LogP contribution in [0.3, 0.4) is 0 Å². The summed E-state index contributed by atoms with van der Waals surface area (Å²) in [6, 6.07) is 9.10. The van der Waals surface area contributed by atoms with Crippen molar-refractivity contribution in [3.05, 3.63) is 61.2 Å². The summed E-state index contributed by atoms with van der Waals surface area (Å²) in [6.45, 7) is 10.1. The van der Waals surface area contributed by atoms with E-state index in [4.69, 9.17) is 0 Å². The number of aryl methyl sites for hydroxylation is 3. The molecule has 6 aromatic rings. The number of allylic oxidation sites excluding steroid dienone is 1. The summed E-state index contributed by atoms with van der Waals surface area (Å²) in [5.41, 5.74) is 2.63. The summed E-state index contributed by atoms with van der Waals surface area (Å²) in [7, 11) is 0. The Morgan fingerprint density at radius 2 is 1.63 bits per heavy atom. The Kier molecular flexibility index (Phi) is 6.04. The smallest absolute Gasteiger partial charge is 0.172 e. The molecule has 1 aliphatic heterocycles. The second-order valence-corrected chi connectivity index (χ2v) is 17.2. The largest absolute Gasteiger partial charge is 0.293 e. The summed E-state index contributed by atoms with van der Waals surface area (Å²) in [6.07, 6.45) is 3.48. The first-order chi connectivity index (χ1) is 18.2. The number of halogens is 1. The summed E-state index contributed by atoms with van der Waals surface area (Å²) in [5, 5.41) is 3.76. The molecule has 0 spiro atoms. The maximum atomic E-state index is 15.6. The monoisotopic (exact) mass is 610 g/mol. The van der Waals surface area contributed by atoms with Gasteiger partial charge in [0, 0.05) is 78.1 Å². The van der Waals surface area contributed by atoms with E-state index < -0.39 is 0 Å². The molecule has 0 radical (unpaired) electrons. The molecule has 0 N–H and O–H groups in total. The lowest BCUT2D eigenvalue weighted by Crippen LogP contribution is -1.90. The zero-order chi connectivity index (χ0) is 26.5. The Bertz CT molecular complexity index is 1970. The van der Waals surface area contributed by atoms with Crippen LogP contribution in [-0.2, 0) is 0 Å². The summed E-state index contributed by atoms with van der Waals surface area (Å²) in [4.78, 5) is 20.7. The van der Waals surface area contributed by atoms with Crippen LogP contribution in [0.15, 0.2) is 30.3 Å². The molecular formula is C30H23FOS6. The number of rotatable bonds is 4. The van der Waals surface area contributed by atoms with Gasteiger partial charge < -0.3 is 0 Å². The highest BCUT2D eigenvalue weighted by Gasteiger charge is 2.28. The SMILES string of the molecule is CC(=O)c1sc2c(C)sc(-c3cc4c(C5=CC[C@H](C)S5)c5sc(C)cc5c(-c5ccc(C)s5)c4s3)c2c1F. The molecule has 0 saturated heterocycles. The van der Waals surface area contributed by atoms with Gasteiger partial charge in [-0.05, 0) is 51.5 Å². The molecule has 1 atom stereocenters. The highest BCUT2D eigenvalue weighted by atomic mass is 32.2. The molecule has 38 heavy (non-hydrogen) atoms. The highest BCUT2D eigenvalue weighted by Crippen LogP contribution is 2.55. The van der Waals surface area contributed by atoms with Crippen LogP contribution in [0, 0.1) is 26.6 Å². The lowest BCUT2D eigenvalue weighted by Gasteiger charge is -2.12. The van der Waals surface area contributed by atoms with Gasteiger partial charge in [0.1, 0.15) is 4.88 Å². The number of hydrogen-bond donors (Lipinski definition) is 0. The van der Waals surface area contributed by atoms with E-state index in [1.165, 1.54) is 69.1 Å². The number of fused-ring (bicyclic) bond motifs is 3. The minimum atomic E-state index is -0.358. The molecule has 1 nitrogen and oxygen atoms in total. The first-order valence-electron chi connectivity index (χ1n) is 12.4. The third-order valence-electron chi connectivity index (χ3n) is 6.97. The third kappa shape index (κ3) is 3.75. The van der Waals surface area contributed by atoms with Crippen molar-refractivity contribution in [2.24, 2.45) is 0 Å². The van der Waals surface area contributed by atoms with E-state index in [-0.39, 0.29) is 16.5 Å². The molecule has 0 unspecified atom stereocenters. The van der Waals surface area contributed by atoms with Crippen molar-refractivity contribution < 1.29 is 9.18 Å². The molecule has 6 heterocycles. The summed E-state index contributed by atoms with van der Waals surface area (Å²) in [5.74, 6) is -0.564. The fourth-order valence-electron chi connectivity index (χ4n) is 5.32. The average Bonchev–Trinajstić information content (AvgIpc) is 3.67. The van der Waals surface area contributed by atoms with Crippen LogP contribution in [0.1, 0.15) is 50.1 Å². The van der Waals surface area contributed by atoms with Crippen LogP contribution < -0.4 is 0 Å². The standard InChI is InChI=1S/C30H23FOS6/c1-12-6-8-19(33-12)22-17-10-14(3)35-28(17)23(20-9-7-13(2)34-20)18-11-21(37-29(18)22)30-24-25(31)26(15(4)32)38-27(24)16(5)36-30/h6,8-11,13H,7H2,1-5H3/t13-/m0/s1. The molecule has 192 valence electrons. The maximum absolute atomic E-state index is 15.6. The van der Waals surface area contributed by atoms with Gasteiger partial charge in [-0.15, -0.1) is 68.4 Å². The van der Waals surface area contributed by atoms with Crippen LogP contribution >= 0.6 is 68.4 Å². The molecule has 0 amide bonds. The fourth-order valence-corrected chi connectivity index (χ4v) is 12.3. The molecular weight excluding hydrogens is 588 g/mol. The molecule has 8 heteroatoms. The van der Waals surface area contributed by atoms with E-state index >= 15 is 4.39 Å². The van der Waals surface area contributed by atoms with E-state index in [9.17, 15) is 4.79 Å². The Morgan fingerprint density at radius 1 is 0.868 bits per heavy atom. The van der Waals surface area contributed by atoms with Gasteiger partial charge in [0.15, 0.2) is 11.6 Å².